The highest BCUT2D eigenvalue weighted by Gasteiger charge is 2.32. The summed E-state index contributed by atoms with van der Waals surface area (Å²) in [6.07, 6.45) is -2.76. The molecule has 4 nitrogen and oxygen atoms in total. The molecule has 0 radical (unpaired) electrons. The monoisotopic (exact) mass is 295 g/mol. The van der Waals surface area contributed by atoms with Crippen LogP contribution in [0.2, 0.25) is 0 Å². The number of rotatable bonds is 1. The Morgan fingerprint density at radius 1 is 1.14 bits per heavy atom. The maximum Gasteiger partial charge on any atom is 0.416 e. The minimum atomic E-state index is -4.38. The molecule has 0 bridgehead atoms. The summed E-state index contributed by atoms with van der Waals surface area (Å²) in [6.45, 7) is 2.70. The fourth-order valence-electron chi connectivity index (χ4n) is 2.43. The van der Waals surface area contributed by atoms with E-state index in [-0.39, 0.29) is 5.91 Å². The second kappa shape index (κ2) is 4.61. The molecule has 1 amide bonds. The Morgan fingerprint density at radius 2 is 1.81 bits per heavy atom. The van der Waals surface area contributed by atoms with Crippen LogP contribution in [-0.4, -0.2) is 22.2 Å². The van der Waals surface area contributed by atoms with Crippen LogP contribution in [0.25, 0.3) is 0 Å². The van der Waals surface area contributed by atoms with Gasteiger partial charge in [-0.15, -0.1) is 0 Å². The number of fused-ring (bicyclic) bond motifs is 1. The highest BCUT2D eigenvalue weighted by Crippen LogP contribution is 2.31. The lowest BCUT2D eigenvalue weighted by Crippen LogP contribution is -2.40. The molecular formula is C14H12F3N3O. The number of halogens is 3. The molecule has 1 aromatic heterocycles. The number of anilines is 1. The zero-order chi connectivity index (χ0) is 15.2. The van der Waals surface area contributed by atoms with Gasteiger partial charge in [0.25, 0.3) is 5.91 Å². The quantitative estimate of drug-likeness (QED) is 0.811. The van der Waals surface area contributed by atoms with Gasteiger partial charge in [-0.05, 0) is 31.2 Å². The van der Waals surface area contributed by atoms with Crippen molar-refractivity contribution in [3.05, 3.63) is 47.3 Å². The van der Waals surface area contributed by atoms with Crippen molar-refractivity contribution in [2.45, 2.75) is 19.6 Å². The van der Waals surface area contributed by atoms with Gasteiger partial charge in [-0.2, -0.15) is 18.3 Å². The van der Waals surface area contributed by atoms with Crippen molar-refractivity contribution in [3.8, 4) is 0 Å². The number of amides is 1. The molecule has 2 heterocycles. The summed E-state index contributed by atoms with van der Waals surface area (Å²) in [4.78, 5) is 13.9. The van der Waals surface area contributed by atoms with Crippen LogP contribution in [0, 0.1) is 6.92 Å². The predicted molar refractivity (Wildman–Crippen MR) is 70.1 cm³/mol. The number of carbonyl (C=O) groups is 1. The fourth-order valence-corrected chi connectivity index (χ4v) is 2.43. The number of benzene rings is 1. The number of nitrogens with zero attached hydrogens (tertiary/aromatic N) is 3. The SMILES string of the molecule is Cc1cnn2c1C(=O)N(c1ccc(C(F)(F)F)cc1)CC2. The number of alkyl halides is 3. The van der Waals surface area contributed by atoms with E-state index in [1.807, 2.05) is 0 Å². The standard InChI is InChI=1S/C14H12F3N3O/c1-9-8-18-20-7-6-19(13(21)12(9)20)11-4-2-10(3-5-11)14(15,16)17/h2-5,8H,6-7H2,1H3. The zero-order valence-electron chi connectivity index (χ0n) is 11.2. The van der Waals surface area contributed by atoms with Crippen molar-refractivity contribution in [3.63, 3.8) is 0 Å². The van der Waals surface area contributed by atoms with Crippen LogP contribution in [0.3, 0.4) is 0 Å². The summed E-state index contributed by atoms with van der Waals surface area (Å²) >= 11 is 0. The zero-order valence-corrected chi connectivity index (χ0v) is 11.2. The van der Waals surface area contributed by atoms with Crippen molar-refractivity contribution in [2.75, 3.05) is 11.4 Å². The van der Waals surface area contributed by atoms with Crippen LogP contribution < -0.4 is 4.90 Å². The van der Waals surface area contributed by atoms with Crippen molar-refractivity contribution in [1.29, 1.82) is 0 Å². The molecule has 1 aliphatic heterocycles. The summed E-state index contributed by atoms with van der Waals surface area (Å²) in [6, 6.07) is 4.62. The van der Waals surface area contributed by atoms with E-state index in [2.05, 4.69) is 5.10 Å². The average Bonchev–Trinajstić information content (AvgIpc) is 2.81. The maximum absolute atomic E-state index is 12.6. The van der Waals surface area contributed by atoms with Gasteiger partial charge in [-0.1, -0.05) is 0 Å². The normalized spacial score (nSPS) is 15.2. The molecule has 0 atom stereocenters. The molecule has 3 rings (SSSR count). The van der Waals surface area contributed by atoms with E-state index in [1.54, 1.807) is 17.8 Å². The Morgan fingerprint density at radius 3 is 2.43 bits per heavy atom. The van der Waals surface area contributed by atoms with E-state index >= 15 is 0 Å². The van der Waals surface area contributed by atoms with Crippen molar-refractivity contribution in [1.82, 2.24) is 9.78 Å². The highest BCUT2D eigenvalue weighted by atomic mass is 19.4. The van der Waals surface area contributed by atoms with Gasteiger partial charge in [-0.25, -0.2) is 0 Å². The molecular weight excluding hydrogens is 283 g/mol. The predicted octanol–water partition coefficient (Wildman–Crippen LogP) is 2.87. The topological polar surface area (TPSA) is 38.1 Å². The minimum absolute atomic E-state index is 0.240. The lowest BCUT2D eigenvalue weighted by molar-refractivity contribution is -0.137. The van der Waals surface area contributed by atoms with E-state index in [1.165, 1.54) is 17.0 Å². The Balaban J connectivity index is 1.92. The summed E-state index contributed by atoms with van der Waals surface area (Å²) in [5, 5.41) is 4.10. The first-order valence-corrected chi connectivity index (χ1v) is 6.39. The van der Waals surface area contributed by atoms with E-state index in [0.717, 1.165) is 17.7 Å². The summed E-state index contributed by atoms with van der Waals surface area (Å²) in [5.41, 5.74) is 0.981. The van der Waals surface area contributed by atoms with E-state index < -0.39 is 11.7 Å². The van der Waals surface area contributed by atoms with Crippen LogP contribution >= 0.6 is 0 Å². The Labute approximate surface area is 118 Å². The van der Waals surface area contributed by atoms with Crippen molar-refractivity contribution >= 4 is 11.6 Å². The number of aromatic nitrogens is 2. The van der Waals surface area contributed by atoms with E-state index in [4.69, 9.17) is 0 Å². The van der Waals surface area contributed by atoms with Gasteiger partial charge >= 0.3 is 6.18 Å². The Kier molecular flexibility index (Phi) is 3.00. The maximum atomic E-state index is 12.6. The van der Waals surface area contributed by atoms with Gasteiger partial charge in [0, 0.05) is 17.8 Å². The summed E-state index contributed by atoms with van der Waals surface area (Å²) < 4.78 is 39.3. The van der Waals surface area contributed by atoms with Gasteiger partial charge in [0.2, 0.25) is 0 Å². The number of hydrogen-bond donors (Lipinski definition) is 0. The van der Waals surface area contributed by atoms with Gasteiger partial charge in [0.05, 0.1) is 18.3 Å². The van der Waals surface area contributed by atoms with Crippen LogP contribution in [0.4, 0.5) is 18.9 Å². The smallest absolute Gasteiger partial charge is 0.305 e. The average molecular weight is 295 g/mol. The van der Waals surface area contributed by atoms with E-state index in [9.17, 15) is 18.0 Å². The number of carbonyl (C=O) groups excluding carboxylic acids is 1. The van der Waals surface area contributed by atoms with Gasteiger partial charge in [0.1, 0.15) is 5.69 Å². The molecule has 0 aliphatic carbocycles. The number of aryl methyl sites for hydroxylation is 1. The van der Waals surface area contributed by atoms with Gasteiger partial charge in [-0.3, -0.25) is 9.48 Å². The second-order valence-corrected chi connectivity index (χ2v) is 4.90. The van der Waals surface area contributed by atoms with Crippen LogP contribution in [0.15, 0.2) is 30.5 Å². The van der Waals surface area contributed by atoms with Crippen LogP contribution in [-0.2, 0) is 12.7 Å². The largest absolute Gasteiger partial charge is 0.416 e. The lowest BCUT2D eigenvalue weighted by Gasteiger charge is -2.28. The highest BCUT2D eigenvalue weighted by molar-refractivity contribution is 6.06. The first-order chi connectivity index (χ1) is 9.88. The molecule has 0 fully saturated rings. The van der Waals surface area contributed by atoms with Crippen LogP contribution in [0.5, 0.6) is 0 Å². The number of hydrogen-bond acceptors (Lipinski definition) is 2. The van der Waals surface area contributed by atoms with Crippen molar-refractivity contribution < 1.29 is 18.0 Å². The fraction of sp³-hybridized carbons (Fsp3) is 0.286. The molecule has 0 unspecified atom stereocenters. The molecule has 1 aliphatic rings. The van der Waals surface area contributed by atoms with Crippen molar-refractivity contribution in [2.24, 2.45) is 0 Å². The Bertz CT molecular complexity index is 688. The molecule has 0 spiro atoms. The Hall–Kier alpha value is -2.31. The lowest BCUT2D eigenvalue weighted by atomic mass is 10.1. The molecule has 21 heavy (non-hydrogen) atoms. The summed E-state index contributed by atoms with van der Waals surface area (Å²) in [7, 11) is 0. The third kappa shape index (κ3) is 2.28. The molecule has 0 N–H and O–H groups in total. The minimum Gasteiger partial charge on any atom is -0.305 e. The molecule has 2 aromatic rings. The molecule has 0 saturated carbocycles. The first-order valence-electron chi connectivity index (χ1n) is 6.39. The molecule has 7 heteroatoms. The van der Waals surface area contributed by atoms with Gasteiger partial charge < -0.3 is 4.90 Å². The third-order valence-electron chi connectivity index (χ3n) is 3.51. The van der Waals surface area contributed by atoms with Crippen LogP contribution in [0.1, 0.15) is 21.6 Å². The second-order valence-electron chi connectivity index (χ2n) is 4.90. The molecule has 110 valence electrons. The van der Waals surface area contributed by atoms with Gasteiger partial charge in [0.15, 0.2) is 0 Å². The summed E-state index contributed by atoms with van der Waals surface area (Å²) in [5.74, 6) is -0.240. The first kappa shape index (κ1) is 13.7. The van der Waals surface area contributed by atoms with E-state index in [0.29, 0.717) is 24.5 Å². The third-order valence-corrected chi connectivity index (χ3v) is 3.51. The molecule has 1 aromatic carbocycles. The molecule has 0 saturated heterocycles.